The average molecular weight is 226 g/mol. The largest absolute Gasteiger partial charge is 0.369 e. The van der Waals surface area contributed by atoms with Crippen LogP contribution in [0.5, 0.6) is 0 Å². The fraction of sp³-hybridized carbons (Fsp3) is 0.182. The molecule has 0 aliphatic heterocycles. The highest BCUT2D eigenvalue weighted by atomic mass is 35.5. The van der Waals surface area contributed by atoms with E-state index in [1.54, 1.807) is 0 Å². The van der Waals surface area contributed by atoms with E-state index in [4.69, 9.17) is 23.8 Å². The van der Waals surface area contributed by atoms with Crippen LogP contribution in [0.15, 0.2) is 30.3 Å². The molecule has 0 fully saturated rings. The van der Waals surface area contributed by atoms with Crippen molar-refractivity contribution in [2.75, 3.05) is 14.1 Å². The zero-order valence-electron chi connectivity index (χ0n) is 8.20. The van der Waals surface area contributed by atoms with E-state index >= 15 is 0 Å². The maximum atomic E-state index is 5.77. The monoisotopic (exact) mass is 225 g/mol. The molecule has 1 rings (SSSR count). The van der Waals surface area contributed by atoms with Crippen molar-refractivity contribution in [2.24, 2.45) is 0 Å². The first-order chi connectivity index (χ1) is 6.59. The van der Waals surface area contributed by atoms with Gasteiger partial charge in [0.2, 0.25) is 0 Å². The summed E-state index contributed by atoms with van der Waals surface area (Å²) in [6, 6.07) is 7.63. The van der Waals surface area contributed by atoms with Crippen LogP contribution in [0.3, 0.4) is 0 Å². The first-order valence-electron chi connectivity index (χ1n) is 4.24. The van der Waals surface area contributed by atoms with Gasteiger partial charge in [0.15, 0.2) is 0 Å². The molecule has 0 saturated carbocycles. The predicted molar refractivity (Wildman–Crippen MR) is 66.8 cm³/mol. The molecule has 14 heavy (non-hydrogen) atoms. The standard InChI is InChI=1S/C11H12ClNS/c1-13(2)11(14)8-5-9-3-6-10(12)7-4-9/h3-8H,1-2H3/b8-5+. The first kappa shape index (κ1) is 11.2. The summed E-state index contributed by atoms with van der Waals surface area (Å²) >= 11 is 10.9. The Balaban J connectivity index is 2.69. The van der Waals surface area contributed by atoms with Crippen molar-refractivity contribution in [3.8, 4) is 0 Å². The zero-order chi connectivity index (χ0) is 10.6. The van der Waals surface area contributed by atoms with Gasteiger partial charge in [-0.25, -0.2) is 0 Å². The molecule has 1 aromatic rings. The summed E-state index contributed by atoms with van der Waals surface area (Å²) < 4.78 is 0. The van der Waals surface area contributed by atoms with Crippen molar-refractivity contribution < 1.29 is 0 Å². The molecule has 1 aromatic carbocycles. The number of thiocarbonyl (C=S) groups is 1. The van der Waals surface area contributed by atoms with Crippen LogP contribution in [0.25, 0.3) is 6.08 Å². The number of halogens is 1. The van der Waals surface area contributed by atoms with E-state index in [0.29, 0.717) is 0 Å². The fourth-order valence-electron chi connectivity index (χ4n) is 0.890. The Morgan fingerprint density at radius 3 is 2.36 bits per heavy atom. The molecular formula is C11H12ClNS. The Morgan fingerprint density at radius 1 is 1.29 bits per heavy atom. The molecular weight excluding hydrogens is 214 g/mol. The number of likely N-dealkylation sites (N-methyl/N-ethyl adjacent to an activating group) is 1. The van der Waals surface area contributed by atoms with Gasteiger partial charge in [-0.3, -0.25) is 0 Å². The van der Waals surface area contributed by atoms with E-state index in [2.05, 4.69) is 0 Å². The SMILES string of the molecule is CN(C)C(=S)/C=C/c1ccc(Cl)cc1. The summed E-state index contributed by atoms with van der Waals surface area (Å²) in [7, 11) is 3.85. The van der Waals surface area contributed by atoms with Crippen LogP contribution in [0.4, 0.5) is 0 Å². The second-order valence-corrected chi connectivity index (χ2v) is 3.97. The maximum Gasteiger partial charge on any atom is 0.101 e. The molecule has 0 unspecified atom stereocenters. The molecule has 0 bridgehead atoms. The van der Waals surface area contributed by atoms with Crippen molar-refractivity contribution in [1.82, 2.24) is 4.90 Å². The Bertz CT molecular complexity index is 341. The number of hydrogen-bond acceptors (Lipinski definition) is 1. The van der Waals surface area contributed by atoms with Gasteiger partial charge in [-0.2, -0.15) is 0 Å². The van der Waals surface area contributed by atoms with Gasteiger partial charge in [0, 0.05) is 19.1 Å². The normalized spacial score (nSPS) is 10.5. The lowest BCUT2D eigenvalue weighted by molar-refractivity contribution is 0.639. The molecule has 0 saturated heterocycles. The quantitative estimate of drug-likeness (QED) is 0.562. The topological polar surface area (TPSA) is 3.24 Å². The third-order valence-electron chi connectivity index (χ3n) is 1.73. The minimum absolute atomic E-state index is 0.748. The number of rotatable bonds is 2. The van der Waals surface area contributed by atoms with E-state index in [1.165, 1.54) is 0 Å². The Kier molecular flexibility index (Phi) is 4.11. The fourth-order valence-corrected chi connectivity index (χ4v) is 1.08. The second-order valence-electron chi connectivity index (χ2n) is 3.12. The third kappa shape index (κ3) is 3.48. The summed E-state index contributed by atoms with van der Waals surface area (Å²) in [4.78, 5) is 2.70. The van der Waals surface area contributed by atoms with E-state index < -0.39 is 0 Å². The minimum atomic E-state index is 0.748. The molecule has 1 nitrogen and oxygen atoms in total. The number of hydrogen-bond donors (Lipinski definition) is 0. The molecule has 0 spiro atoms. The summed E-state index contributed by atoms with van der Waals surface area (Å²) in [5.41, 5.74) is 1.10. The van der Waals surface area contributed by atoms with Gasteiger partial charge in [-0.1, -0.05) is 42.0 Å². The average Bonchev–Trinajstić information content (AvgIpc) is 2.16. The lowest BCUT2D eigenvalue weighted by atomic mass is 10.2. The van der Waals surface area contributed by atoms with Gasteiger partial charge in [0.25, 0.3) is 0 Å². The van der Waals surface area contributed by atoms with Crippen LogP contribution in [-0.4, -0.2) is 24.0 Å². The van der Waals surface area contributed by atoms with Crippen molar-refractivity contribution in [3.05, 3.63) is 40.9 Å². The highest BCUT2D eigenvalue weighted by Gasteiger charge is 1.92. The molecule has 0 atom stereocenters. The van der Waals surface area contributed by atoms with E-state index in [-0.39, 0.29) is 0 Å². The molecule has 0 aliphatic carbocycles. The molecule has 0 radical (unpaired) electrons. The van der Waals surface area contributed by atoms with Gasteiger partial charge in [-0.15, -0.1) is 0 Å². The van der Waals surface area contributed by atoms with Crippen LogP contribution in [0.2, 0.25) is 5.02 Å². The Labute approximate surface area is 95.0 Å². The molecule has 0 aromatic heterocycles. The van der Waals surface area contributed by atoms with Gasteiger partial charge < -0.3 is 4.90 Å². The third-order valence-corrected chi connectivity index (χ3v) is 2.48. The molecule has 74 valence electrons. The van der Waals surface area contributed by atoms with Crippen LogP contribution in [0, 0.1) is 0 Å². The van der Waals surface area contributed by atoms with Gasteiger partial charge in [0.05, 0.1) is 0 Å². The summed E-state index contributed by atoms with van der Waals surface area (Å²) in [6.07, 6.45) is 3.87. The van der Waals surface area contributed by atoms with Crippen molar-refractivity contribution in [3.63, 3.8) is 0 Å². The Hall–Kier alpha value is -0.860. The number of nitrogens with zero attached hydrogens (tertiary/aromatic N) is 1. The van der Waals surface area contributed by atoms with E-state index in [9.17, 15) is 0 Å². The molecule has 0 amide bonds. The molecule has 0 heterocycles. The maximum absolute atomic E-state index is 5.77. The van der Waals surface area contributed by atoms with Gasteiger partial charge >= 0.3 is 0 Å². The minimum Gasteiger partial charge on any atom is -0.369 e. The van der Waals surface area contributed by atoms with Crippen LogP contribution >= 0.6 is 23.8 Å². The Morgan fingerprint density at radius 2 is 1.86 bits per heavy atom. The highest BCUT2D eigenvalue weighted by Crippen LogP contribution is 2.10. The van der Waals surface area contributed by atoms with Gasteiger partial charge in [0.1, 0.15) is 4.99 Å². The van der Waals surface area contributed by atoms with Crippen LogP contribution in [-0.2, 0) is 0 Å². The van der Waals surface area contributed by atoms with Gasteiger partial charge in [-0.05, 0) is 23.8 Å². The molecule has 3 heteroatoms. The lowest BCUT2D eigenvalue weighted by Gasteiger charge is -2.08. The van der Waals surface area contributed by atoms with Crippen molar-refractivity contribution in [1.29, 1.82) is 0 Å². The smallest absolute Gasteiger partial charge is 0.101 e. The van der Waals surface area contributed by atoms with Crippen LogP contribution in [0.1, 0.15) is 5.56 Å². The van der Waals surface area contributed by atoms with E-state index in [0.717, 1.165) is 15.6 Å². The summed E-state index contributed by atoms with van der Waals surface area (Å²) in [6.45, 7) is 0. The molecule has 0 N–H and O–H groups in total. The van der Waals surface area contributed by atoms with Crippen molar-refractivity contribution in [2.45, 2.75) is 0 Å². The highest BCUT2D eigenvalue weighted by molar-refractivity contribution is 7.80. The molecule has 0 aliphatic rings. The predicted octanol–water partition coefficient (Wildman–Crippen LogP) is 3.24. The number of benzene rings is 1. The summed E-state index contributed by atoms with van der Waals surface area (Å²) in [5.74, 6) is 0. The lowest BCUT2D eigenvalue weighted by Crippen LogP contribution is -2.16. The summed E-state index contributed by atoms with van der Waals surface area (Å²) in [5, 5.41) is 0.748. The zero-order valence-corrected chi connectivity index (χ0v) is 9.77. The van der Waals surface area contributed by atoms with Crippen LogP contribution < -0.4 is 0 Å². The first-order valence-corrected chi connectivity index (χ1v) is 5.03. The second kappa shape index (κ2) is 5.13. The van der Waals surface area contributed by atoms with E-state index in [1.807, 2.05) is 55.4 Å². The van der Waals surface area contributed by atoms with Crippen molar-refractivity contribution >= 4 is 34.9 Å².